The van der Waals surface area contributed by atoms with Crippen LogP contribution in [0.2, 0.25) is 0 Å². The molecule has 0 radical (unpaired) electrons. The summed E-state index contributed by atoms with van der Waals surface area (Å²) in [6.45, 7) is 10.4. The zero-order valence-corrected chi connectivity index (χ0v) is 18.5. The summed E-state index contributed by atoms with van der Waals surface area (Å²) < 4.78 is 28.2. The molecule has 0 fully saturated rings. The highest BCUT2D eigenvalue weighted by atomic mass is 32.2. The van der Waals surface area contributed by atoms with Crippen LogP contribution in [-0.4, -0.2) is 50.9 Å². The first kappa shape index (κ1) is 21.5. The van der Waals surface area contributed by atoms with Gasteiger partial charge >= 0.3 is 0 Å². The first-order valence-electron chi connectivity index (χ1n) is 10.1. The largest absolute Gasteiger partial charge is 0.304 e. The predicted octanol–water partition coefficient (Wildman–Crippen LogP) is 3.32. The number of nitrogens with one attached hydrogen (secondary N) is 1. The van der Waals surface area contributed by atoms with Gasteiger partial charge in [0.2, 0.25) is 10.0 Å². The Morgan fingerprint density at radius 2 is 2.00 bits per heavy atom. The Labute approximate surface area is 173 Å². The number of nitrogens with zero attached hydrogens (tertiary/aromatic N) is 2. The van der Waals surface area contributed by atoms with E-state index in [-0.39, 0.29) is 0 Å². The van der Waals surface area contributed by atoms with Gasteiger partial charge in [-0.15, -0.1) is 11.3 Å². The highest BCUT2D eigenvalue weighted by molar-refractivity contribution is 7.89. The van der Waals surface area contributed by atoms with Crippen molar-refractivity contribution in [3.8, 4) is 0 Å². The average Bonchev–Trinajstić information content (AvgIpc) is 3.20. The summed E-state index contributed by atoms with van der Waals surface area (Å²) in [7, 11) is -3.46. The maximum Gasteiger partial charge on any atom is 0.240 e. The van der Waals surface area contributed by atoms with Gasteiger partial charge in [-0.05, 0) is 67.2 Å². The van der Waals surface area contributed by atoms with Crippen LogP contribution in [0.4, 0.5) is 0 Å². The molecule has 0 unspecified atom stereocenters. The molecule has 0 bridgehead atoms. The molecule has 7 heteroatoms. The summed E-state index contributed by atoms with van der Waals surface area (Å²) in [5, 5.41) is 2.10. The van der Waals surface area contributed by atoms with Gasteiger partial charge in [0.05, 0.1) is 4.90 Å². The maximum atomic E-state index is 12.7. The van der Waals surface area contributed by atoms with Gasteiger partial charge in [-0.25, -0.2) is 13.1 Å². The number of thiophene rings is 1. The maximum absolute atomic E-state index is 12.7. The van der Waals surface area contributed by atoms with E-state index in [2.05, 4.69) is 45.9 Å². The summed E-state index contributed by atoms with van der Waals surface area (Å²) in [6.07, 6.45) is 1.79. The minimum Gasteiger partial charge on any atom is -0.304 e. The predicted molar refractivity (Wildman–Crippen MR) is 116 cm³/mol. The van der Waals surface area contributed by atoms with Crippen molar-refractivity contribution in [2.75, 3.05) is 32.7 Å². The molecule has 0 saturated heterocycles. The fraction of sp³-hybridized carbons (Fsp3) is 0.524. The van der Waals surface area contributed by atoms with Gasteiger partial charge in [0.1, 0.15) is 0 Å². The fourth-order valence-corrected chi connectivity index (χ4v) is 5.52. The number of fused-ring (bicyclic) bond motifs is 1. The van der Waals surface area contributed by atoms with Gasteiger partial charge in [-0.2, -0.15) is 0 Å². The fourth-order valence-electron chi connectivity index (χ4n) is 3.65. The van der Waals surface area contributed by atoms with Crippen molar-refractivity contribution >= 4 is 21.4 Å². The molecule has 0 aliphatic carbocycles. The molecule has 154 valence electrons. The minimum absolute atomic E-state index is 0.382. The van der Waals surface area contributed by atoms with Crippen LogP contribution in [0.1, 0.15) is 36.3 Å². The van der Waals surface area contributed by atoms with Crippen LogP contribution < -0.4 is 4.72 Å². The first-order chi connectivity index (χ1) is 13.5. The highest BCUT2D eigenvalue weighted by Gasteiger charge is 2.20. The summed E-state index contributed by atoms with van der Waals surface area (Å²) in [6, 6.07) is 9.84. The van der Waals surface area contributed by atoms with Crippen molar-refractivity contribution in [1.82, 2.24) is 14.5 Å². The molecule has 5 nitrogen and oxygen atoms in total. The molecule has 1 aliphatic heterocycles. The first-order valence-corrected chi connectivity index (χ1v) is 12.5. The second-order valence-electron chi connectivity index (χ2n) is 7.25. The SMILES string of the molecule is CCN(CC)CCCNS(=O)(=O)c1ccc2c(c1)CN(Cc1cccs1)CC2. The van der Waals surface area contributed by atoms with Gasteiger partial charge in [0.25, 0.3) is 0 Å². The number of hydrogen-bond acceptors (Lipinski definition) is 5. The van der Waals surface area contributed by atoms with Crippen LogP contribution in [0.5, 0.6) is 0 Å². The summed E-state index contributed by atoms with van der Waals surface area (Å²) in [4.78, 5) is 6.42. The van der Waals surface area contributed by atoms with Crippen LogP contribution in [0.25, 0.3) is 0 Å². The minimum atomic E-state index is -3.46. The Balaban J connectivity index is 1.60. The smallest absolute Gasteiger partial charge is 0.240 e. The summed E-state index contributed by atoms with van der Waals surface area (Å²) >= 11 is 1.77. The van der Waals surface area contributed by atoms with Gasteiger partial charge in [0, 0.05) is 31.1 Å². The molecule has 0 spiro atoms. The van der Waals surface area contributed by atoms with E-state index in [1.165, 1.54) is 10.4 Å². The summed E-state index contributed by atoms with van der Waals surface area (Å²) in [5.41, 5.74) is 2.40. The Morgan fingerprint density at radius 1 is 1.18 bits per heavy atom. The monoisotopic (exact) mass is 421 g/mol. The molecule has 0 atom stereocenters. The Kier molecular flexibility index (Phi) is 7.65. The lowest BCUT2D eigenvalue weighted by Gasteiger charge is -2.28. The standard InChI is InChI=1S/C21H31N3O2S2/c1-3-23(4-2)12-6-11-22-28(25,26)21-9-8-18-10-13-24(16-19(18)15-21)17-20-7-5-14-27-20/h5,7-9,14-15,22H,3-4,6,10-13,16-17H2,1-2H3. The van der Waals surface area contributed by atoms with Crippen LogP contribution in [0, 0.1) is 0 Å². The molecule has 1 aromatic carbocycles. The van der Waals surface area contributed by atoms with E-state index < -0.39 is 10.0 Å². The third-order valence-electron chi connectivity index (χ3n) is 5.38. The lowest BCUT2D eigenvalue weighted by Crippen LogP contribution is -2.31. The normalized spacial score (nSPS) is 15.1. The number of sulfonamides is 1. The molecule has 1 aromatic heterocycles. The molecule has 2 aromatic rings. The Bertz CT molecular complexity index is 847. The quantitative estimate of drug-likeness (QED) is 0.598. The summed E-state index contributed by atoms with van der Waals surface area (Å²) in [5.74, 6) is 0. The molecular formula is C21H31N3O2S2. The van der Waals surface area contributed by atoms with Gasteiger partial charge in [-0.3, -0.25) is 4.90 Å². The van der Waals surface area contributed by atoms with E-state index in [0.29, 0.717) is 11.4 Å². The molecule has 2 heterocycles. The topological polar surface area (TPSA) is 52.7 Å². The second-order valence-corrected chi connectivity index (χ2v) is 10.0. The number of benzene rings is 1. The number of rotatable bonds is 10. The van der Waals surface area contributed by atoms with Crippen LogP contribution in [0.15, 0.2) is 40.6 Å². The van der Waals surface area contributed by atoms with E-state index >= 15 is 0 Å². The third-order valence-corrected chi connectivity index (χ3v) is 7.70. The molecule has 1 N–H and O–H groups in total. The molecule has 28 heavy (non-hydrogen) atoms. The van der Waals surface area contributed by atoms with E-state index in [0.717, 1.165) is 57.7 Å². The van der Waals surface area contributed by atoms with Gasteiger partial charge in [0.15, 0.2) is 0 Å². The molecule has 0 saturated carbocycles. The van der Waals surface area contributed by atoms with Crippen molar-refractivity contribution in [3.05, 3.63) is 51.7 Å². The zero-order valence-electron chi connectivity index (χ0n) is 16.9. The van der Waals surface area contributed by atoms with Crippen molar-refractivity contribution in [3.63, 3.8) is 0 Å². The van der Waals surface area contributed by atoms with Crippen molar-refractivity contribution in [1.29, 1.82) is 0 Å². The van der Waals surface area contributed by atoms with E-state index in [4.69, 9.17) is 0 Å². The van der Waals surface area contributed by atoms with Crippen LogP contribution in [-0.2, 0) is 29.5 Å². The van der Waals surface area contributed by atoms with Crippen molar-refractivity contribution in [2.45, 2.75) is 44.7 Å². The Hall–Kier alpha value is -1.25. The third kappa shape index (κ3) is 5.64. The van der Waals surface area contributed by atoms with Gasteiger partial charge < -0.3 is 4.90 Å². The van der Waals surface area contributed by atoms with E-state index in [1.807, 2.05) is 12.1 Å². The van der Waals surface area contributed by atoms with E-state index in [1.54, 1.807) is 17.4 Å². The number of hydrogen-bond donors (Lipinski definition) is 1. The van der Waals surface area contributed by atoms with Crippen molar-refractivity contribution < 1.29 is 8.42 Å². The average molecular weight is 422 g/mol. The molecule has 1 aliphatic rings. The highest BCUT2D eigenvalue weighted by Crippen LogP contribution is 2.24. The zero-order chi connectivity index (χ0) is 20.0. The van der Waals surface area contributed by atoms with E-state index in [9.17, 15) is 8.42 Å². The van der Waals surface area contributed by atoms with Gasteiger partial charge in [-0.1, -0.05) is 26.0 Å². The molecule has 0 amide bonds. The van der Waals surface area contributed by atoms with Crippen LogP contribution in [0.3, 0.4) is 0 Å². The molecular weight excluding hydrogens is 390 g/mol. The molecule has 3 rings (SSSR count). The van der Waals surface area contributed by atoms with Crippen LogP contribution >= 0.6 is 11.3 Å². The second kappa shape index (κ2) is 9.98. The van der Waals surface area contributed by atoms with Crippen molar-refractivity contribution in [2.24, 2.45) is 0 Å². The Morgan fingerprint density at radius 3 is 2.71 bits per heavy atom. The lowest BCUT2D eigenvalue weighted by atomic mass is 10.00. The lowest BCUT2D eigenvalue weighted by molar-refractivity contribution is 0.247.